The van der Waals surface area contributed by atoms with E-state index in [9.17, 15) is 18.0 Å². The molecule has 1 unspecified atom stereocenters. The maximum atomic E-state index is 14.0. The highest BCUT2D eigenvalue weighted by Gasteiger charge is 2.33. The van der Waals surface area contributed by atoms with Gasteiger partial charge in [-0.2, -0.15) is 0 Å². The zero-order chi connectivity index (χ0) is 29.1. The van der Waals surface area contributed by atoms with Crippen molar-refractivity contribution in [2.24, 2.45) is 0 Å². The number of nitrogens with one attached hydrogen (secondary N) is 1. The van der Waals surface area contributed by atoms with Gasteiger partial charge >= 0.3 is 0 Å². The summed E-state index contributed by atoms with van der Waals surface area (Å²) in [6.07, 6.45) is 1.07. The van der Waals surface area contributed by atoms with Crippen LogP contribution in [-0.2, 0) is 26.2 Å². The summed E-state index contributed by atoms with van der Waals surface area (Å²) in [5.41, 5.74) is 0.944. The van der Waals surface area contributed by atoms with Crippen molar-refractivity contribution in [1.29, 1.82) is 0 Å². The number of rotatable bonds is 14. The van der Waals surface area contributed by atoms with Crippen molar-refractivity contribution in [2.75, 3.05) is 24.0 Å². The second kappa shape index (κ2) is 14.7. The monoisotopic (exact) mass is 585 g/mol. The van der Waals surface area contributed by atoms with E-state index in [0.29, 0.717) is 41.6 Å². The minimum absolute atomic E-state index is 0.0407. The van der Waals surface area contributed by atoms with Crippen LogP contribution < -0.4 is 14.4 Å². The molecule has 214 valence electrons. The highest BCUT2D eigenvalue weighted by atomic mass is 35.5. The number of amides is 2. The van der Waals surface area contributed by atoms with Gasteiger partial charge in [-0.1, -0.05) is 61.8 Å². The zero-order valence-electron chi connectivity index (χ0n) is 23.0. The molecule has 0 bridgehead atoms. The lowest BCUT2D eigenvalue weighted by Gasteiger charge is -2.33. The molecule has 0 aliphatic heterocycles. The third-order valence-electron chi connectivity index (χ3n) is 6.28. The predicted molar refractivity (Wildman–Crippen MR) is 158 cm³/mol. The second-order valence-electron chi connectivity index (χ2n) is 9.08. The van der Waals surface area contributed by atoms with Crippen LogP contribution in [0.2, 0.25) is 5.02 Å². The molecule has 0 aliphatic rings. The number of carbonyl (C=O) groups excluding carboxylic acids is 2. The first-order valence-corrected chi connectivity index (χ1v) is 15.2. The van der Waals surface area contributed by atoms with Crippen LogP contribution in [-0.4, -0.2) is 50.9 Å². The molecule has 2 amide bonds. The largest absolute Gasteiger partial charge is 0.494 e. The average Bonchev–Trinajstić information content (AvgIpc) is 2.96. The molecule has 0 saturated heterocycles. The Bertz CT molecular complexity index is 1370. The fraction of sp³-hybridized carbons (Fsp3) is 0.333. The molecule has 10 heteroatoms. The van der Waals surface area contributed by atoms with Crippen LogP contribution in [0.15, 0.2) is 83.8 Å². The van der Waals surface area contributed by atoms with Crippen LogP contribution >= 0.6 is 11.6 Å². The third-order valence-corrected chi connectivity index (χ3v) is 8.44. The number of nitrogens with zero attached hydrogens (tertiary/aromatic N) is 2. The van der Waals surface area contributed by atoms with Crippen LogP contribution in [0.25, 0.3) is 0 Å². The van der Waals surface area contributed by atoms with Gasteiger partial charge in [0.15, 0.2) is 0 Å². The number of hydrogen-bond donors (Lipinski definition) is 1. The third kappa shape index (κ3) is 7.76. The van der Waals surface area contributed by atoms with Crippen LogP contribution in [0.5, 0.6) is 5.75 Å². The molecule has 0 spiro atoms. The number of halogens is 1. The van der Waals surface area contributed by atoms with Gasteiger partial charge in [-0.15, -0.1) is 0 Å². The van der Waals surface area contributed by atoms with E-state index in [-0.39, 0.29) is 17.3 Å². The molecular weight excluding hydrogens is 550 g/mol. The Labute approximate surface area is 241 Å². The van der Waals surface area contributed by atoms with Gasteiger partial charge in [-0.05, 0) is 67.8 Å². The van der Waals surface area contributed by atoms with Gasteiger partial charge in [0.25, 0.3) is 10.0 Å². The van der Waals surface area contributed by atoms with Gasteiger partial charge in [0.1, 0.15) is 18.3 Å². The van der Waals surface area contributed by atoms with Gasteiger partial charge in [0.2, 0.25) is 11.8 Å². The van der Waals surface area contributed by atoms with Crippen molar-refractivity contribution in [3.63, 3.8) is 0 Å². The molecule has 0 aliphatic carbocycles. The first-order chi connectivity index (χ1) is 19.2. The average molecular weight is 586 g/mol. The molecule has 3 aromatic rings. The molecule has 3 aromatic carbocycles. The number of ether oxygens (including phenoxy) is 1. The Hall–Kier alpha value is -3.56. The van der Waals surface area contributed by atoms with Gasteiger partial charge in [-0.25, -0.2) is 8.42 Å². The van der Waals surface area contributed by atoms with Crippen LogP contribution in [0.1, 0.15) is 39.2 Å². The standard InChI is InChI=1S/C30H36ClN3O5S/c1-4-20-32-30(36)28(5-2)33(21-23-12-10-11-15-27(23)31)29(35)22-34(24-16-18-25(19-17-24)39-6-3)40(37,38)26-13-8-7-9-14-26/h7-19,28H,4-6,20-22H2,1-3H3,(H,32,36). The molecule has 1 N–H and O–H groups in total. The number of sulfonamides is 1. The predicted octanol–water partition coefficient (Wildman–Crippen LogP) is 5.27. The molecule has 0 aromatic heterocycles. The number of carbonyl (C=O) groups is 2. The quantitative estimate of drug-likeness (QED) is 0.278. The lowest BCUT2D eigenvalue weighted by atomic mass is 10.1. The summed E-state index contributed by atoms with van der Waals surface area (Å²) in [5.74, 6) is -0.260. The highest BCUT2D eigenvalue weighted by molar-refractivity contribution is 7.92. The molecule has 0 heterocycles. The molecule has 0 radical (unpaired) electrons. The number of hydrogen-bond acceptors (Lipinski definition) is 5. The van der Waals surface area contributed by atoms with Crippen LogP contribution in [0.3, 0.4) is 0 Å². The Morgan fingerprint density at radius 2 is 1.57 bits per heavy atom. The molecule has 0 fully saturated rings. The fourth-order valence-corrected chi connectivity index (χ4v) is 5.85. The van der Waals surface area contributed by atoms with E-state index in [2.05, 4.69) is 5.32 Å². The van der Waals surface area contributed by atoms with E-state index in [0.717, 1.165) is 10.7 Å². The summed E-state index contributed by atoms with van der Waals surface area (Å²) >= 11 is 6.42. The number of anilines is 1. The number of benzene rings is 3. The van der Waals surface area contributed by atoms with E-state index in [1.165, 1.54) is 17.0 Å². The maximum absolute atomic E-state index is 14.0. The fourth-order valence-electron chi connectivity index (χ4n) is 4.22. The van der Waals surface area contributed by atoms with Gasteiger partial charge in [0.05, 0.1) is 17.2 Å². The van der Waals surface area contributed by atoms with E-state index in [1.807, 2.05) is 20.8 Å². The smallest absolute Gasteiger partial charge is 0.264 e. The first kappa shape index (κ1) is 31.0. The molecule has 40 heavy (non-hydrogen) atoms. The van der Waals surface area contributed by atoms with Crippen molar-refractivity contribution in [3.8, 4) is 5.75 Å². The molecular formula is C30H36ClN3O5S. The van der Waals surface area contributed by atoms with Gasteiger partial charge in [-0.3, -0.25) is 13.9 Å². The van der Waals surface area contributed by atoms with Gasteiger partial charge in [0, 0.05) is 18.1 Å². The van der Waals surface area contributed by atoms with Crippen LogP contribution in [0.4, 0.5) is 5.69 Å². The lowest BCUT2D eigenvalue weighted by Crippen LogP contribution is -2.52. The SMILES string of the molecule is CCCNC(=O)C(CC)N(Cc1ccccc1Cl)C(=O)CN(c1ccc(OCC)cc1)S(=O)(=O)c1ccccc1. The highest BCUT2D eigenvalue weighted by Crippen LogP contribution is 2.27. The minimum atomic E-state index is -4.14. The second-order valence-corrected chi connectivity index (χ2v) is 11.3. The maximum Gasteiger partial charge on any atom is 0.264 e. The Morgan fingerprint density at radius 1 is 0.925 bits per heavy atom. The Balaban J connectivity index is 2.05. The van der Waals surface area contributed by atoms with E-state index >= 15 is 0 Å². The van der Waals surface area contributed by atoms with Crippen molar-refractivity contribution >= 4 is 39.1 Å². The summed E-state index contributed by atoms with van der Waals surface area (Å²) in [5, 5.41) is 3.32. The summed E-state index contributed by atoms with van der Waals surface area (Å²) in [6, 6.07) is 20.7. The molecule has 3 rings (SSSR count). The van der Waals surface area contributed by atoms with E-state index < -0.39 is 28.5 Å². The van der Waals surface area contributed by atoms with Gasteiger partial charge < -0.3 is 15.0 Å². The first-order valence-electron chi connectivity index (χ1n) is 13.3. The van der Waals surface area contributed by atoms with Crippen molar-refractivity contribution in [2.45, 2.75) is 51.1 Å². The topological polar surface area (TPSA) is 96.0 Å². The molecule has 0 saturated carbocycles. The minimum Gasteiger partial charge on any atom is -0.494 e. The summed E-state index contributed by atoms with van der Waals surface area (Å²) in [7, 11) is -4.14. The summed E-state index contributed by atoms with van der Waals surface area (Å²) in [6.45, 7) is 6.05. The van der Waals surface area contributed by atoms with Crippen LogP contribution in [0, 0.1) is 0 Å². The molecule has 1 atom stereocenters. The summed E-state index contributed by atoms with van der Waals surface area (Å²) in [4.78, 5) is 28.6. The van der Waals surface area contributed by atoms with Crippen molar-refractivity contribution < 1.29 is 22.7 Å². The normalized spacial score (nSPS) is 11.9. The molecule has 8 nitrogen and oxygen atoms in total. The summed E-state index contributed by atoms with van der Waals surface area (Å²) < 4.78 is 34.3. The Morgan fingerprint density at radius 3 is 2.17 bits per heavy atom. The zero-order valence-corrected chi connectivity index (χ0v) is 24.6. The van der Waals surface area contributed by atoms with Crippen molar-refractivity contribution in [1.82, 2.24) is 10.2 Å². The lowest BCUT2D eigenvalue weighted by molar-refractivity contribution is -0.140. The van der Waals surface area contributed by atoms with E-state index in [1.54, 1.807) is 66.7 Å². The Kier molecular flexibility index (Phi) is 11.4. The van der Waals surface area contributed by atoms with E-state index in [4.69, 9.17) is 16.3 Å². The van der Waals surface area contributed by atoms with Crippen molar-refractivity contribution in [3.05, 3.63) is 89.4 Å².